The van der Waals surface area contributed by atoms with Gasteiger partial charge in [0.05, 0.1) is 23.8 Å². The molecule has 1 unspecified atom stereocenters. The van der Waals surface area contributed by atoms with Gasteiger partial charge in [-0.2, -0.15) is 0 Å². The number of hydrogen-bond acceptors (Lipinski definition) is 5. The van der Waals surface area contributed by atoms with Crippen molar-refractivity contribution in [2.45, 2.75) is 31.2 Å². The van der Waals surface area contributed by atoms with Crippen LogP contribution in [0.3, 0.4) is 0 Å². The van der Waals surface area contributed by atoms with Crippen LogP contribution in [0.1, 0.15) is 30.6 Å². The van der Waals surface area contributed by atoms with Crippen molar-refractivity contribution in [1.82, 2.24) is 10.2 Å². The van der Waals surface area contributed by atoms with Crippen LogP contribution in [0.15, 0.2) is 53.4 Å². The summed E-state index contributed by atoms with van der Waals surface area (Å²) in [6.45, 7) is 7.75. The monoisotopic (exact) mass is 463 g/mol. The van der Waals surface area contributed by atoms with Crippen LogP contribution in [0, 0.1) is 11.7 Å². The molecule has 1 atom stereocenters. The van der Waals surface area contributed by atoms with E-state index in [1.807, 2.05) is 0 Å². The third-order valence-corrected chi connectivity index (χ3v) is 6.69. The lowest BCUT2D eigenvalue weighted by Gasteiger charge is -2.35. The van der Waals surface area contributed by atoms with Gasteiger partial charge >= 0.3 is 0 Å². The van der Waals surface area contributed by atoms with Crippen LogP contribution in [-0.4, -0.2) is 58.1 Å². The summed E-state index contributed by atoms with van der Waals surface area (Å²) in [5.41, 5.74) is 0.0797. The minimum absolute atomic E-state index is 0.111. The molecule has 0 bridgehead atoms. The normalized spacial score (nSPS) is 16.0. The van der Waals surface area contributed by atoms with Gasteiger partial charge in [0, 0.05) is 31.2 Å². The number of nitrogens with zero attached hydrogens (tertiary/aromatic N) is 1. The summed E-state index contributed by atoms with van der Waals surface area (Å²) in [6, 6.07) is 11.4. The van der Waals surface area contributed by atoms with Crippen molar-refractivity contribution in [3.05, 3.63) is 59.9 Å². The van der Waals surface area contributed by atoms with E-state index in [4.69, 9.17) is 4.74 Å². The first-order valence-corrected chi connectivity index (χ1v) is 12.2. The average molecular weight is 464 g/mol. The van der Waals surface area contributed by atoms with Gasteiger partial charge in [-0.15, -0.1) is 0 Å². The van der Waals surface area contributed by atoms with Crippen molar-refractivity contribution < 1.29 is 22.3 Å². The number of ether oxygens (including phenoxy) is 1. The third kappa shape index (κ3) is 6.51. The maximum absolute atomic E-state index is 13.9. The number of anilines is 1. The van der Waals surface area contributed by atoms with E-state index in [9.17, 15) is 17.6 Å². The van der Waals surface area contributed by atoms with Crippen LogP contribution in [0.4, 0.5) is 10.1 Å². The molecule has 2 aromatic carbocycles. The third-order valence-electron chi connectivity index (χ3n) is 5.33. The van der Waals surface area contributed by atoms with Crippen molar-refractivity contribution in [1.29, 1.82) is 0 Å². The number of halogens is 1. The molecule has 0 aliphatic carbocycles. The average Bonchev–Trinajstić information content (AvgIpc) is 2.78. The van der Waals surface area contributed by atoms with Crippen LogP contribution in [0.5, 0.6) is 0 Å². The highest BCUT2D eigenvalue weighted by atomic mass is 32.2. The summed E-state index contributed by atoms with van der Waals surface area (Å²) in [4.78, 5) is 15.0. The lowest BCUT2D eigenvalue weighted by atomic mass is 10.0. The fourth-order valence-corrected chi connectivity index (χ4v) is 4.83. The van der Waals surface area contributed by atoms with E-state index in [2.05, 4.69) is 28.8 Å². The molecular weight excluding hydrogens is 433 g/mol. The molecule has 0 saturated carbocycles. The molecule has 0 radical (unpaired) electrons. The largest absolute Gasteiger partial charge is 0.379 e. The van der Waals surface area contributed by atoms with E-state index in [0.29, 0.717) is 25.7 Å². The van der Waals surface area contributed by atoms with Crippen molar-refractivity contribution in [2.75, 3.05) is 37.6 Å². The highest BCUT2D eigenvalue weighted by Gasteiger charge is 2.23. The topological polar surface area (TPSA) is 87.7 Å². The van der Waals surface area contributed by atoms with Crippen LogP contribution in [0.2, 0.25) is 0 Å². The van der Waals surface area contributed by atoms with Gasteiger partial charge in [-0.3, -0.25) is 14.4 Å². The molecule has 3 rings (SSSR count). The molecule has 0 spiro atoms. The lowest BCUT2D eigenvalue weighted by Crippen LogP contribution is -2.49. The Balaban J connectivity index is 1.69. The van der Waals surface area contributed by atoms with Gasteiger partial charge in [0.2, 0.25) is 0 Å². The quantitative estimate of drug-likeness (QED) is 0.597. The lowest BCUT2D eigenvalue weighted by molar-refractivity contribution is 0.0124. The molecule has 7 nitrogen and oxygen atoms in total. The van der Waals surface area contributed by atoms with E-state index in [1.165, 1.54) is 42.5 Å². The predicted octanol–water partition coefficient (Wildman–Crippen LogP) is 3.10. The van der Waals surface area contributed by atoms with Gasteiger partial charge < -0.3 is 10.1 Å². The van der Waals surface area contributed by atoms with Crippen LogP contribution < -0.4 is 10.0 Å². The van der Waals surface area contributed by atoms with Crippen LogP contribution in [0.25, 0.3) is 0 Å². The van der Waals surface area contributed by atoms with E-state index in [-0.39, 0.29) is 28.1 Å². The summed E-state index contributed by atoms with van der Waals surface area (Å²) in [5.74, 6) is -0.558. The maximum Gasteiger partial charge on any atom is 0.262 e. The van der Waals surface area contributed by atoms with Gasteiger partial charge in [0.15, 0.2) is 0 Å². The molecule has 2 N–H and O–H groups in total. The highest BCUT2D eigenvalue weighted by Crippen LogP contribution is 2.20. The SMILES string of the molecule is CC(C)CC(CNC(=O)c1cccc(S(=O)(=O)Nc2ccccc2F)c1)N1CCOCC1. The standard InChI is InChI=1S/C23H30FN3O4S/c1-17(2)14-19(27-10-12-31-13-11-27)16-25-23(28)18-6-5-7-20(15-18)32(29,30)26-22-9-4-3-8-21(22)24/h3-9,15,17,19,26H,10-14,16H2,1-2H3,(H,25,28). The summed E-state index contributed by atoms with van der Waals surface area (Å²) < 4.78 is 46.9. The fourth-order valence-electron chi connectivity index (χ4n) is 3.71. The Hall–Kier alpha value is -2.49. The number of para-hydroxylation sites is 1. The zero-order valence-corrected chi connectivity index (χ0v) is 19.2. The second kappa shape index (κ2) is 10.9. The number of sulfonamides is 1. The molecule has 1 fully saturated rings. The predicted molar refractivity (Wildman–Crippen MR) is 122 cm³/mol. The Morgan fingerprint density at radius 3 is 2.53 bits per heavy atom. The number of carbonyl (C=O) groups is 1. The number of carbonyl (C=O) groups excluding carboxylic acids is 1. The molecule has 32 heavy (non-hydrogen) atoms. The minimum atomic E-state index is -4.05. The van der Waals surface area contributed by atoms with Gasteiger partial charge in [0.25, 0.3) is 15.9 Å². The van der Waals surface area contributed by atoms with Crippen LogP contribution in [-0.2, 0) is 14.8 Å². The first kappa shape index (κ1) is 24.2. The number of rotatable bonds is 9. The Bertz CT molecular complexity index is 1020. The molecule has 174 valence electrons. The smallest absolute Gasteiger partial charge is 0.262 e. The second-order valence-corrected chi connectivity index (χ2v) is 9.94. The van der Waals surface area contributed by atoms with E-state index >= 15 is 0 Å². The molecule has 1 amide bonds. The number of hydrogen-bond donors (Lipinski definition) is 2. The van der Waals surface area contributed by atoms with E-state index < -0.39 is 15.8 Å². The zero-order valence-electron chi connectivity index (χ0n) is 18.4. The maximum atomic E-state index is 13.9. The number of morpholine rings is 1. The summed E-state index contributed by atoms with van der Waals surface area (Å²) in [6.07, 6.45) is 0.932. The Morgan fingerprint density at radius 2 is 1.84 bits per heavy atom. The van der Waals surface area contributed by atoms with Gasteiger partial charge in [-0.05, 0) is 42.7 Å². The highest BCUT2D eigenvalue weighted by molar-refractivity contribution is 7.92. The zero-order chi connectivity index (χ0) is 23.1. The molecule has 2 aromatic rings. The number of nitrogens with one attached hydrogen (secondary N) is 2. The van der Waals surface area contributed by atoms with Gasteiger partial charge in [-0.1, -0.05) is 32.0 Å². The Labute approximate surface area is 189 Å². The first-order chi connectivity index (χ1) is 15.3. The summed E-state index contributed by atoms with van der Waals surface area (Å²) in [7, 11) is -4.05. The Kier molecular flexibility index (Phi) is 8.22. The molecule has 1 aliphatic heterocycles. The van der Waals surface area contributed by atoms with Crippen molar-refractivity contribution >= 4 is 21.6 Å². The Morgan fingerprint density at radius 1 is 1.12 bits per heavy atom. The number of benzene rings is 2. The molecule has 1 aliphatic rings. The second-order valence-electron chi connectivity index (χ2n) is 8.25. The summed E-state index contributed by atoms with van der Waals surface area (Å²) >= 11 is 0. The van der Waals surface area contributed by atoms with Crippen molar-refractivity contribution in [2.24, 2.45) is 5.92 Å². The molecule has 1 saturated heterocycles. The molecular formula is C23H30FN3O4S. The van der Waals surface area contributed by atoms with Crippen molar-refractivity contribution in [3.63, 3.8) is 0 Å². The van der Waals surface area contributed by atoms with Crippen LogP contribution >= 0.6 is 0 Å². The van der Waals surface area contributed by atoms with E-state index in [1.54, 1.807) is 6.07 Å². The van der Waals surface area contributed by atoms with E-state index in [0.717, 1.165) is 19.5 Å². The van der Waals surface area contributed by atoms with Crippen molar-refractivity contribution in [3.8, 4) is 0 Å². The minimum Gasteiger partial charge on any atom is -0.379 e. The molecule has 1 heterocycles. The first-order valence-electron chi connectivity index (χ1n) is 10.7. The van der Waals surface area contributed by atoms with Gasteiger partial charge in [0.1, 0.15) is 5.82 Å². The number of amides is 1. The van der Waals surface area contributed by atoms with Gasteiger partial charge in [-0.25, -0.2) is 12.8 Å². The molecule has 9 heteroatoms. The fraction of sp³-hybridized carbons (Fsp3) is 0.435. The molecule has 0 aromatic heterocycles. The summed E-state index contributed by atoms with van der Waals surface area (Å²) in [5, 5.41) is 2.94.